The molecule has 2 amide bonds. The normalized spacial score (nSPS) is 14.2. The van der Waals surface area contributed by atoms with E-state index in [-0.39, 0.29) is 35.2 Å². The fourth-order valence-electron chi connectivity index (χ4n) is 3.55. The molecule has 10 heteroatoms. The molecule has 3 rings (SSSR count). The van der Waals surface area contributed by atoms with Crippen LogP contribution in [-0.2, 0) is 14.8 Å². The number of nitrogens with one attached hydrogen (secondary N) is 3. The van der Waals surface area contributed by atoms with Crippen LogP contribution >= 0.6 is 0 Å². The van der Waals surface area contributed by atoms with E-state index in [2.05, 4.69) is 20.0 Å². The van der Waals surface area contributed by atoms with Crippen LogP contribution in [0, 0.1) is 20.8 Å². The zero-order valence-corrected chi connectivity index (χ0v) is 18.2. The summed E-state index contributed by atoms with van der Waals surface area (Å²) in [4.78, 5) is 33.7. The van der Waals surface area contributed by atoms with Gasteiger partial charge in [-0.25, -0.2) is 18.1 Å². The van der Waals surface area contributed by atoms with E-state index in [4.69, 9.17) is 0 Å². The van der Waals surface area contributed by atoms with Gasteiger partial charge in [-0.15, -0.1) is 0 Å². The summed E-state index contributed by atoms with van der Waals surface area (Å²) in [7, 11) is -3.97. The van der Waals surface area contributed by atoms with E-state index < -0.39 is 10.0 Å². The van der Waals surface area contributed by atoms with E-state index in [0.29, 0.717) is 30.3 Å². The number of anilines is 1. The number of hydrogen-bond donors (Lipinski definition) is 3. The third kappa shape index (κ3) is 4.88. The zero-order valence-electron chi connectivity index (χ0n) is 17.4. The second-order valence-electron chi connectivity index (χ2n) is 7.50. The molecule has 3 heterocycles. The molecule has 0 aliphatic carbocycles. The second kappa shape index (κ2) is 8.97. The summed E-state index contributed by atoms with van der Waals surface area (Å²) in [5, 5.41) is 2.63. The van der Waals surface area contributed by atoms with E-state index in [9.17, 15) is 18.0 Å². The highest BCUT2D eigenvalue weighted by Crippen LogP contribution is 2.26. The lowest BCUT2D eigenvalue weighted by atomic mass is 10.2. The maximum atomic E-state index is 12.9. The number of H-pyrrole nitrogens is 1. The molecule has 0 atom stereocenters. The van der Waals surface area contributed by atoms with Crippen molar-refractivity contribution in [3.8, 4) is 0 Å². The average molecular weight is 434 g/mol. The van der Waals surface area contributed by atoms with Crippen LogP contribution in [0.5, 0.6) is 0 Å². The minimum atomic E-state index is -3.97. The van der Waals surface area contributed by atoms with Crippen molar-refractivity contribution < 1.29 is 18.0 Å². The van der Waals surface area contributed by atoms with E-state index in [0.717, 1.165) is 18.4 Å². The van der Waals surface area contributed by atoms with Crippen molar-refractivity contribution in [3.05, 3.63) is 40.8 Å². The molecule has 162 valence electrons. The predicted octanol–water partition coefficient (Wildman–Crippen LogP) is 1.88. The fraction of sp³-hybridized carbons (Fsp3) is 0.450. The molecular weight excluding hydrogens is 406 g/mol. The van der Waals surface area contributed by atoms with Crippen molar-refractivity contribution in [1.29, 1.82) is 0 Å². The topological polar surface area (TPSA) is 124 Å². The molecular formula is C20H27N5O4S. The van der Waals surface area contributed by atoms with Crippen LogP contribution in [0.1, 0.15) is 46.6 Å². The molecule has 0 unspecified atom stereocenters. The molecule has 0 aromatic carbocycles. The Labute approximate surface area is 176 Å². The van der Waals surface area contributed by atoms with E-state index in [1.54, 1.807) is 31.0 Å². The van der Waals surface area contributed by atoms with Gasteiger partial charge in [-0.2, -0.15) is 0 Å². The quantitative estimate of drug-likeness (QED) is 0.615. The van der Waals surface area contributed by atoms with Gasteiger partial charge < -0.3 is 15.2 Å². The van der Waals surface area contributed by atoms with E-state index >= 15 is 0 Å². The number of likely N-dealkylation sites (tertiary alicyclic amines) is 1. The van der Waals surface area contributed by atoms with Gasteiger partial charge in [0.15, 0.2) is 0 Å². The molecule has 0 radical (unpaired) electrons. The van der Waals surface area contributed by atoms with Crippen LogP contribution in [0.15, 0.2) is 23.2 Å². The van der Waals surface area contributed by atoms with Crippen molar-refractivity contribution in [2.24, 2.45) is 0 Å². The predicted molar refractivity (Wildman–Crippen MR) is 113 cm³/mol. The molecule has 3 N–H and O–H groups in total. The molecule has 0 bridgehead atoms. The van der Waals surface area contributed by atoms with Gasteiger partial charge in [-0.1, -0.05) is 6.07 Å². The highest BCUT2D eigenvalue weighted by Gasteiger charge is 2.32. The Bertz CT molecular complexity index is 1040. The number of aromatic amines is 1. The minimum absolute atomic E-state index is 0.0440. The summed E-state index contributed by atoms with van der Waals surface area (Å²) < 4.78 is 28.3. The molecule has 1 aliphatic heterocycles. The number of pyridine rings is 1. The Kier molecular flexibility index (Phi) is 6.57. The first-order valence-electron chi connectivity index (χ1n) is 9.89. The largest absolute Gasteiger partial charge is 0.361 e. The molecule has 30 heavy (non-hydrogen) atoms. The summed E-state index contributed by atoms with van der Waals surface area (Å²) in [6, 6.07) is 3.50. The maximum Gasteiger partial charge on any atom is 0.257 e. The number of nitrogens with zero attached hydrogens (tertiary/aromatic N) is 2. The van der Waals surface area contributed by atoms with Crippen LogP contribution in [-0.4, -0.2) is 54.7 Å². The molecule has 9 nitrogen and oxygen atoms in total. The Morgan fingerprint density at radius 1 is 1.13 bits per heavy atom. The summed E-state index contributed by atoms with van der Waals surface area (Å²) in [6.07, 6.45) is 3.40. The molecule has 1 fully saturated rings. The van der Waals surface area contributed by atoms with Crippen LogP contribution < -0.4 is 10.0 Å². The SMILES string of the molecule is Cc1ccc(NC(=O)CCNS(=O)(=O)c2c(C)[nH]c(C)c2C(=O)N2CCCC2)nc1. The van der Waals surface area contributed by atoms with Gasteiger partial charge in [-0.3, -0.25) is 9.59 Å². The van der Waals surface area contributed by atoms with Crippen molar-refractivity contribution in [1.82, 2.24) is 19.6 Å². The van der Waals surface area contributed by atoms with Gasteiger partial charge in [0.2, 0.25) is 15.9 Å². The van der Waals surface area contributed by atoms with Gasteiger partial charge in [0, 0.05) is 43.6 Å². The van der Waals surface area contributed by atoms with E-state index in [1.807, 2.05) is 13.0 Å². The summed E-state index contributed by atoms with van der Waals surface area (Å²) in [5.41, 5.74) is 2.07. The number of aromatic nitrogens is 2. The lowest BCUT2D eigenvalue weighted by molar-refractivity contribution is -0.116. The summed E-state index contributed by atoms with van der Waals surface area (Å²) in [5.74, 6) is -0.230. The lowest BCUT2D eigenvalue weighted by Crippen LogP contribution is -2.32. The molecule has 1 saturated heterocycles. The van der Waals surface area contributed by atoms with Gasteiger partial charge in [0.25, 0.3) is 5.91 Å². The first kappa shape index (κ1) is 22.0. The Morgan fingerprint density at radius 2 is 1.83 bits per heavy atom. The van der Waals surface area contributed by atoms with Gasteiger partial charge in [-0.05, 0) is 45.2 Å². The van der Waals surface area contributed by atoms with Crippen LogP contribution in [0.25, 0.3) is 0 Å². The molecule has 0 spiro atoms. The van der Waals surface area contributed by atoms with Crippen LogP contribution in [0.3, 0.4) is 0 Å². The minimum Gasteiger partial charge on any atom is -0.361 e. The Hall–Kier alpha value is -2.72. The Balaban J connectivity index is 1.67. The standard InChI is InChI=1S/C20H27N5O4S/c1-13-6-7-16(21-12-13)24-17(26)8-9-22-30(28,29)19-15(3)23-14(2)18(19)20(27)25-10-4-5-11-25/h6-7,12,22-23H,4-5,8-11H2,1-3H3,(H,21,24,26). The number of amides is 2. The summed E-state index contributed by atoms with van der Waals surface area (Å²) >= 11 is 0. The first-order valence-corrected chi connectivity index (χ1v) is 11.4. The third-order valence-corrected chi connectivity index (χ3v) is 6.65. The van der Waals surface area contributed by atoms with Crippen molar-refractivity contribution in [3.63, 3.8) is 0 Å². The number of rotatable bonds is 7. The van der Waals surface area contributed by atoms with E-state index in [1.165, 1.54) is 0 Å². The van der Waals surface area contributed by atoms with Crippen molar-refractivity contribution in [2.75, 3.05) is 25.0 Å². The number of sulfonamides is 1. The third-order valence-electron chi connectivity index (χ3n) is 5.02. The fourth-order valence-corrected chi connectivity index (χ4v) is 5.03. The van der Waals surface area contributed by atoms with Crippen LogP contribution in [0.2, 0.25) is 0 Å². The lowest BCUT2D eigenvalue weighted by Gasteiger charge is -2.17. The second-order valence-corrected chi connectivity index (χ2v) is 9.20. The van der Waals surface area contributed by atoms with Crippen molar-refractivity contribution >= 4 is 27.7 Å². The van der Waals surface area contributed by atoms with Gasteiger partial charge in [0.1, 0.15) is 10.7 Å². The monoisotopic (exact) mass is 433 g/mol. The van der Waals surface area contributed by atoms with Crippen molar-refractivity contribution in [2.45, 2.75) is 44.9 Å². The molecule has 1 aliphatic rings. The van der Waals surface area contributed by atoms with Gasteiger partial charge in [0.05, 0.1) is 5.56 Å². The summed E-state index contributed by atoms with van der Waals surface area (Å²) in [6.45, 7) is 6.36. The number of hydrogen-bond acceptors (Lipinski definition) is 5. The number of aryl methyl sites for hydroxylation is 3. The molecule has 2 aromatic rings. The zero-order chi connectivity index (χ0) is 21.9. The van der Waals surface area contributed by atoms with Gasteiger partial charge >= 0.3 is 0 Å². The number of carbonyl (C=O) groups is 2. The van der Waals surface area contributed by atoms with Crippen LogP contribution in [0.4, 0.5) is 5.82 Å². The molecule has 2 aromatic heterocycles. The average Bonchev–Trinajstić information content (AvgIpc) is 3.31. The Morgan fingerprint density at radius 3 is 2.47 bits per heavy atom. The number of carbonyl (C=O) groups excluding carboxylic acids is 2. The first-order chi connectivity index (χ1) is 14.2. The smallest absolute Gasteiger partial charge is 0.257 e. The highest BCUT2D eigenvalue weighted by molar-refractivity contribution is 7.89. The maximum absolute atomic E-state index is 12.9. The highest BCUT2D eigenvalue weighted by atomic mass is 32.2. The molecule has 0 saturated carbocycles.